The summed E-state index contributed by atoms with van der Waals surface area (Å²) < 4.78 is 10.6. The molecule has 1 aliphatic rings. The fourth-order valence-corrected chi connectivity index (χ4v) is 1.67. The molecule has 0 spiro atoms. The van der Waals surface area contributed by atoms with Crippen LogP contribution in [-0.4, -0.2) is 18.8 Å². The molecular formula is C13H22O2. The van der Waals surface area contributed by atoms with Crippen LogP contribution in [0.2, 0.25) is 0 Å². The van der Waals surface area contributed by atoms with Gasteiger partial charge in [-0.2, -0.15) is 0 Å². The van der Waals surface area contributed by atoms with Crippen LogP contribution in [0, 0.1) is 17.9 Å². The summed E-state index contributed by atoms with van der Waals surface area (Å²) in [4.78, 5) is 0. The molecule has 0 amide bonds. The number of hydrogen-bond donors (Lipinski definition) is 0. The number of hydrogen-bond acceptors (Lipinski definition) is 2. The zero-order valence-electron chi connectivity index (χ0n) is 10.1. The van der Waals surface area contributed by atoms with Crippen LogP contribution in [0.5, 0.6) is 0 Å². The Morgan fingerprint density at radius 2 is 2.07 bits per heavy atom. The van der Waals surface area contributed by atoms with Crippen LogP contribution >= 0.6 is 0 Å². The zero-order valence-corrected chi connectivity index (χ0v) is 10.1. The van der Waals surface area contributed by atoms with E-state index in [2.05, 4.69) is 25.9 Å². The lowest BCUT2D eigenvalue weighted by atomic mass is 10.0. The summed E-state index contributed by atoms with van der Waals surface area (Å²) >= 11 is 0. The molecule has 1 fully saturated rings. The fraction of sp³-hybridized carbons (Fsp3) is 0.846. The maximum Gasteiger partial charge on any atom is 0.129 e. The van der Waals surface area contributed by atoms with Crippen LogP contribution in [-0.2, 0) is 9.47 Å². The first-order chi connectivity index (χ1) is 7.24. The summed E-state index contributed by atoms with van der Waals surface area (Å²) in [5, 5.41) is 0. The maximum absolute atomic E-state index is 5.48. The van der Waals surface area contributed by atoms with Gasteiger partial charge >= 0.3 is 0 Å². The van der Waals surface area contributed by atoms with E-state index in [9.17, 15) is 0 Å². The predicted molar refractivity (Wildman–Crippen MR) is 61.4 cm³/mol. The molecule has 15 heavy (non-hydrogen) atoms. The molecule has 0 bridgehead atoms. The molecule has 0 aliphatic carbocycles. The zero-order chi connectivity index (χ0) is 11.1. The van der Waals surface area contributed by atoms with E-state index in [1.165, 1.54) is 25.7 Å². The molecular weight excluding hydrogens is 188 g/mol. The monoisotopic (exact) mass is 210 g/mol. The first kappa shape index (κ1) is 12.4. The van der Waals surface area contributed by atoms with Gasteiger partial charge in [0.05, 0.1) is 6.10 Å². The first-order valence-electron chi connectivity index (χ1n) is 5.93. The van der Waals surface area contributed by atoms with Crippen molar-refractivity contribution in [3.63, 3.8) is 0 Å². The van der Waals surface area contributed by atoms with E-state index < -0.39 is 0 Å². The molecule has 2 heteroatoms. The molecule has 0 aromatic rings. The maximum atomic E-state index is 5.48. The Bertz CT molecular complexity index is 224. The van der Waals surface area contributed by atoms with E-state index in [1.807, 2.05) is 0 Å². The molecule has 0 saturated carbocycles. The fourth-order valence-electron chi connectivity index (χ4n) is 1.67. The van der Waals surface area contributed by atoms with Crippen molar-refractivity contribution in [2.45, 2.75) is 58.7 Å². The van der Waals surface area contributed by atoms with Crippen LogP contribution in [0.4, 0.5) is 0 Å². The van der Waals surface area contributed by atoms with Crippen LogP contribution in [0.3, 0.4) is 0 Å². The third-order valence-corrected chi connectivity index (χ3v) is 2.63. The Morgan fingerprint density at radius 3 is 2.73 bits per heavy atom. The van der Waals surface area contributed by atoms with Crippen molar-refractivity contribution >= 4 is 0 Å². The highest BCUT2D eigenvalue weighted by Crippen LogP contribution is 2.27. The molecule has 1 aliphatic heterocycles. The normalized spacial score (nSPS) is 23.5. The molecule has 0 radical (unpaired) electrons. The van der Waals surface area contributed by atoms with Gasteiger partial charge in [0.15, 0.2) is 0 Å². The minimum Gasteiger partial charge on any atom is -0.444 e. The summed E-state index contributed by atoms with van der Waals surface area (Å²) in [5.41, 5.74) is 0. The van der Waals surface area contributed by atoms with Crippen molar-refractivity contribution in [3.05, 3.63) is 0 Å². The van der Waals surface area contributed by atoms with Gasteiger partial charge in [-0.05, 0) is 12.3 Å². The Labute approximate surface area is 93.3 Å². The van der Waals surface area contributed by atoms with Crippen molar-refractivity contribution in [2.75, 3.05) is 6.61 Å². The summed E-state index contributed by atoms with van der Waals surface area (Å²) in [6, 6.07) is 0. The molecule has 2 nitrogen and oxygen atoms in total. The van der Waals surface area contributed by atoms with E-state index in [4.69, 9.17) is 9.47 Å². The van der Waals surface area contributed by atoms with Crippen molar-refractivity contribution in [1.29, 1.82) is 0 Å². The van der Waals surface area contributed by atoms with Crippen molar-refractivity contribution in [2.24, 2.45) is 5.92 Å². The Hall–Kier alpha value is -0.680. The minimum atomic E-state index is 0.310. The predicted octanol–water partition coefficient (Wildman–Crippen LogP) is 2.97. The van der Waals surface area contributed by atoms with Gasteiger partial charge in [-0.15, -0.1) is 0 Å². The van der Waals surface area contributed by atoms with Gasteiger partial charge in [0.1, 0.15) is 18.8 Å². The van der Waals surface area contributed by atoms with Crippen molar-refractivity contribution in [1.82, 2.24) is 0 Å². The van der Waals surface area contributed by atoms with E-state index >= 15 is 0 Å². The Balaban J connectivity index is 1.90. The quantitative estimate of drug-likeness (QED) is 0.366. The lowest BCUT2D eigenvalue weighted by Crippen LogP contribution is -2.02. The highest BCUT2D eigenvalue weighted by molar-refractivity contribution is 4.89. The van der Waals surface area contributed by atoms with E-state index in [-0.39, 0.29) is 0 Å². The molecule has 0 unspecified atom stereocenters. The number of epoxide rings is 1. The topological polar surface area (TPSA) is 21.8 Å². The summed E-state index contributed by atoms with van der Waals surface area (Å²) in [5.74, 6) is 3.53. The Morgan fingerprint density at radius 1 is 1.27 bits per heavy atom. The second-order valence-corrected chi connectivity index (χ2v) is 4.55. The van der Waals surface area contributed by atoms with Gasteiger partial charge in [0.2, 0.25) is 0 Å². The summed E-state index contributed by atoms with van der Waals surface area (Å²) in [6.07, 6.45) is 8.45. The van der Waals surface area contributed by atoms with Crippen molar-refractivity contribution in [3.8, 4) is 12.0 Å². The molecule has 0 N–H and O–H groups in total. The highest BCUT2D eigenvalue weighted by Gasteiger charge is 2.38. The third-order valence-electron chi connectivity index (χ3n) is 2.63. The number of rotatable bonds is 7. The Kier molecular flexibility index (Phi) is 5.57. The van der Waals surface area contributed by atoms with Gasteiger partial charge in [0.25, 0.3) is 0 Å². The molecule has 1 rings (SSSR count). The van der Waals surface area contributed by atoms with Crippen LogP contribution < -0.4 is 0 Å². The molecule has 1 heterocycles. The molecule has 1 saturated heterocycles. The van der Waals surface area contributed by atoms with Crippen LogP contribution in [0.1, 0.15) is 46.5 Å². The second kappa shape index (κ2) is 6.74. The average molecular weight is 210 g/mol. The number of ether oxygens (including phenoxy) is 2. The largest absolute Gasteiger partial charge is 0.444 e. The van der Waals surface area contributed by atoms with Crippen LogP contribution in [0.25, 0.3) is 0 Å². The van der Waals surface area contributed by atoms with Gasteiger partial charge < -0.3 is 9.47 Å². The summed E-state index contributed by atoms with van der Waals surface area (Å²) in [6.45, 7) is 6.95. The van der Waals surface area contributed by atoms with E-state index in [1.54, 1.807) is 6.92 Å². The van der Waals surface area contributed by atoms with E-state index in [0.29, 0.717) is 18.8 Å². The molecule has 0 aromatic carbocycles. The van der Waals surface area contributed by atoms with E-state index in [0.717, 1.165) is 5.92 Å². The summed E-state index contributed by atoms with van der Waals surface area (Å²) in [7, 11) is 0. The number of unbranched alkanes of at least 4 members (excludes halogenated alkanes) is 1. The van der Waals surface area contributed by atoms with Gasteiger partial charge in [-0.3, -0.25) is 0 Å². The first-order valence-corrected chi connectivity index (χ1v) is 5.93. The van der Waals surface area contributed by atoms with Gasteiger partial charge in [0, 0.05) is 6.92 Å². The van der Waals surface area contributed by atoms with Crippen LogP contribution in [0.15, 0.2) is 0 Å². The standard InChI is InChI=1S/C13H22O2/c1-4-9-14-10-13-12(15-13)8-6-5-7-11(2)3/h11-13H,5-8,10H2,1-3H3/t12-,13+/m1/s1. The van der Waals surface area contributed by atoms with Gasteiger partial charge in [-0.25, -0.2) is 0 Å². The van der Waals surface area contributed by atoms with Gasteiger partial charge in [-0.1, -0.05) is 39.0 Å². The lowest BCUT2D eigenvalue weighted by molar-refractivity contribution is 0.231. The van der Waals surface area contributed by atoms with Crippen molar-refractivity contribution < 1.29 is 9.47 Å². The molecule has 2 atom stereocenters. The highest BCUT2D eigenvalue weighted by atomic mass is 16.6. The lowest BCUT2D eigenvalue weighted by Gasteiger charge is -2.02. The molecule has 0 aromatic heterocycles. The second-order valence-electron chi connectivity index (χ2n) is 4.55. The third kappa shape index (κ3) is 5.69. The smallest absolute Gasteiger partial charge is 0.129 e. The average Bonchev–Trinajstić information content (AvgIpc) is 2.92. The molecule has 86 valence electrons. The minimum absolute atomic E-state index is 0.310. The SMILES string of the molecule is CC#COC[C@@H]1O[C@@H]1CCCCC(C)C.